The number of pyridine rings is 1. The van der Waals surface area contributed by atoms with Crippen molar-refractivity contribution in [3.63, 3.8) is 0 Å². The molecule has 0 amide bonds. The highest BCUT2D eigenvalue weighted by Crippen LogP contribution is 2.36. The molecule has 0 aromatic carbocycles. The molecule has 0 N–H and O–H groups in total. The van der Waals surface area contributed by atoms with Crippen molar-refractivity contribution in [2.24, 2.45) is 19.5 Å². The normalized spacial score (nSPS) is 18.5. The molecule has 3 aromatic rings. The van der Waals surface area contributed by atoms with Crippen LogP contribution < -0.4 is 5.69 Å². The molecule has 0 aliphatic carbocycles. The third kappa shape index (κ3) is 4.75. The molecule has 0 saturated carbocycles. The van der Waals surface area contributed by atoms with Gasteiger partial charge in [-0.15, -0.1) is 0 Å². The number of hydrogen-bond donors (Lipinski definition) is 0. The molecule has 1 fully saturated rings. The zero-order chi connectivity index (χ0) is 25.9. The number of nitrogens with zero attached hydrogens (tertiary/aromatic N) is 6. The summed E-state index contributed by atoms with van der Waals surface area (Å²) in [6, 6.07) is 3.58. The van der Waals surface area contributed by atoms with E-state index in [4.69, 9.17) is 0 Å². The van der Waals surface area contributed by atoms with Gasteiger partial charge in [0.15, 0.2) is 11.3 Å². The predicted molar refractivity (Wildman–Crippen MR) is 123 cm³/mol. The van der Waals surface area contributed by atoms with Gasteiger partial charge in [0.1, 0.15) is 4.90 Å². The quantitative estimate of drug-likeness (QED) is 0.533. The summed E-state index contributed by atoms with van der Waals surface area (Å²) in [6.45, 7) is 6.69. The van der Waals surface area contributed by atoms with Crippen LogP contribution in [0.5, 0.6) is 0 Å². The van der Waals surface area contributed by atoms with Crippen molar-refractivity contribution in [2.45, 2.75) is 57.1 Å². The first-order valence-corrected chi connectivity index (χ1v) is 12.7. The minimum Gasteiger partial charge on any atom is -0.290 e. The molecule has 1 unspecified atom stereocenters. The van der Waals surface area contributed by atoms with Crippen LogP contribution in [0, 0.1) is 5.41 Å². The fourth-order valence-electron chi connectivity index (χ4n) is 4.54. The van der Waals surface area contributed by atoms with E-state index < -0.39 is 26.8 Å². The zero-order valence-electron chi connectivity index (χ0n) is 20.3. The summed E-state index contributed by atoms with van der Waals surface area (Å²) in [7, 11) is -1.54. The van der Waals surface area contributed by atoms with Gasteiger partial charge in [0, 0.05) is 51.5 Å². The summed E-state index contributed by atoms with van der Waals surface area (Å²) in [4.78, 5) is 16.6. The number of piperidine rings is 1. The Hall–Kier alpha value is -2.67. The van der Waals surface area contributed by atoms with Crippen LogP contribution in [0.15, 0.2) is 28.0 Å². The highest BCUT2D eigenvalue weighted by atomic mass is 32.2. The van der Waals surface area contributed by atoms with E-state index in [9.17, 15) is 26.4 Å². The van der Waals surface area contributed by atoms with E-state index in [1.54, 1.807) is 23.7 Å². The predicted octanol–water partition coefficient (Wildman–Crippen LogP) is 3.10. The Bertz CT molecular complexity index is 1430. The van der Waals surface area contributed by atoms with Crippen molar-refractivity contribution in [1.29, 1.82) is 0 Å². The molecule has 1 aliphatic rings. The molecule has 1 atom stereocenters. The lowest BCUT2D eigenvalue weighted by Crippen LogP contribution is -2.39. The monoisotopic (exact) mass is 514 g/mol. The second-order valence-electron chi connectivity index (χ2n) is 10.3. The zero-order valence-corrected chi connectivity index (χ0v) is 21.1. The van der Waals surface area contributed by atoms with E-state index in [2.05, 4.69) is 10.1 Å². The molecule has 192 valence electrons. The molecular weight excluding hydrogens is 485 g/mol. The molecule has 0 bridgehead atoms. The number of imidazole rings is 1. The molecule has 0 radical (unpaired) electrons. The number of hydrogen-bond acceptors (Lipinski definition) is 5. The van der Waals surface area contributed by atoms with Gasteiger partial charge in [-0.2, -0.15) is 22.6 Å². The van der Waals surface area contributed by atoms with Gasteiger partial charge in [-0.25, -0.2) is 18.2 Å². The Morgan fingerprint density at radius 2 is 1.83 bits per heavy atom. The van der Waals surface area contributed by atoms with Crippen molar-refractivity contribution in [2.75, 3.05) is 13.1 Å². The largest absolute Gasteiger partial charge is 0.436 e. The molecule has 1 saturated heterocycles. The van der Waals surface area contributed by atoms with E-state index in [1.807, 2.05) is 20.8 Å². The van der Waals surface area contributed by atoms with Crippen LogP contribution in [-0.4, -0.2) is 49.7 Å². The van der Waals surface area contributed by atoms with E-state index in [0.29, 0.717) is 36.2 Å². The fourth-order valence-corrected chi connectivity index (χ4v) is 6.25. The summed E-state index contributed by atoms with van der Waals surface area (Å²) >= 11 is 0. The highest BCUT2D eigenvalue weighted by Gasteiger charge is 2.43. The van der Waals surface area contributed by atoms with E-state index in [1.165, 1.54) is 11.6 Å². The lowest BCUT2D eigenvalue weighted by Gasteiger charge is -2.31. The van der Waals surface area contributed by atoms with Crippen molar-refractivity contribution >= 4 is 21.2 Å². The average molecular weight is 515 g/mol. The number of aryl methyl sites for hydroxylation is 2. The molecular formula is C22H29F3N6O3S. The van der Waals surface area contributed by atoms with Gasteiger partial charge in [-0.3, -0.25) is 13.8 Å². The third-order valence-corrected chi connectivity index (χ3v) is 7.98. The highest BCUT2D eigenvalue weighted by molar-refractivity contribution is 7.89. The fraction of sp³-hybridized carbons (Fsp3) is 0.591. The summed E-state index contributed by atoms with van der Waals surface area (Å²) in [5, 5.41) is 3.34. The number of sulfonamides is 1. The molecule has 4 rings (SSSR count). The molecule has 1 aliphatic heterocycles. The van der Waals surface area contributed by atoms with Gasteiger partial charge in [0.2, 0.25) is 10.0 Å². The van der Waals surface area contributed by atoms with Crippen molar-refractivity contribution < 1.29 is 21.6 Å². The topological polar surface area (TPSA) is 95.0 Å². The van der Waals surface area contributed by atoms with Crippen LogP contribution in [0.2, 0.25) is 0 Å². The van der Waals surface area contributed by atoms with Crippen molar-refractivity contribution in [1.82, 2.24) is 28.2 Å². The first kappa shape index (κ1) is 25.4. The van der Waals surface area contributed by atoms with E-state index in [0.717, 1.165) is 15.2 Å². The Kier molecular flexibility index (Phi) is 6.15. The first-order chi connectivity index (χ1) is 16.1. The summed E-state index contributed by atoms with van der Waals surface area (Å²) < 4.78 is 71.7. The van der Waals surface area contributed by atoms with Crippen LogP contribution in [0.1, 0.15) is 50.9 Å². The standard InChI is InChI=1S/C22H29F3N6O3S/c1-21(2,3)13-31-16-9-8-15(26-19(16)29(5)20(31)32)14-7-6-10-30(11-14)35(33,34)17-12-28(4)27-18(17)22(23,24)25/h8-9,12,14H,6-7,10-11,13H2,1-5H3. The SMILES string of the molecule is Cn1cc(S(=O)(=O)N2CCCC(c3ccc4c(n3)n(C)c(=O)n4CC(C)(C)C)C2)c(C(F)(F)F)n1. The third-order valence-electron chi connectivity index (χ3n) is 6.12. The second-order valence-corrected chi connectivity index (χ2v) is 12.2. The number of aromatic nitrogens is 5. The molecule has 3 aromatic heterocycles. The van der Waals surface area contributed by atoms with Crippen LogP contribution in [-0.2, 0) is 36.8 Å². The Balaban J connectivity index is 1.68. The van der Waals surface area contributed by atoms with Crippen LogP contribution in [0.4, 0.5) is 13.2 Å². The van der Waals surface area contributed by atoms with Gasteiger partial charge < -0.3 is 0 Å². The molecule has 0 spiro atoms. The number of halogens is 3. The number of fused-ring (bicyclic) bond motifs is 1. The number of rotatable bonds is 4. The average Bonchev–Trinajstić information content (AvgIpc) is 3.27. The summed E-state index contributed by atoms with van der Waals surface area (Å²) in [5.41, 5.74) is 0.0324. The van der Waals surface area contributed by atoms with Gasteiger partial charge in [0.25, 0.3) is 0 Å². The summed E-state index contributed by atoms with van der Waals surface area (Å²) in [6.07, 6.45) is -2.91. The van der Waals surface area contributed by atoms with Gasteiger partial charge >= 0.3 is 11.9 Å². The van der Waals surface area contributed by atoms with Gasteiger partial charge in [-0.1, -0.05) is 20.8 Å². The van der Waals surface area contributed by atoms with Crippen LogP contribution >= 0.6 is 0 Å². The van der Waals surface area contributed by atoms with Crippen LogP contribution in [0.3, 0.4) is 0 Å². The second kappa shape index (κ2) is 8.47. The maximum absolute atomic E-state index is 13.4. The number of alkyl halides is 3. The molecule has 13 heteroatoms. The van der Waals surface area contributed by atoms with Gasteiger partial charge in [-0.05, 0) is 30.4 Å². The first-order valence-electron chi connectivity index (χ1n) is 11.3. The molecule has 35 heavy (non-hydrogen) atoms. The van der Waals surface area contributed by atoms with E-state index >= 15 is 0 Å². The molecule has 9 nitrogen and oxygen atoms in total. The smallest absolute Gasteiger partial charge is 0.290 e. The molecule has 4 heterocycles. The van der Waals surface area contributed by atoms with Crippen molar-refractivity contribution in [3.8, 4) is 0 Å². The Morgan fingerprint density at radius 3 is 2.46 bits per heavy atom. The van der Waals surface area contributed by atoms with Gasteiger partial charge in [0.05, 0.1) is 5.52 Å². The Labute approximate surface area is 201 Å². The Morgan fingerprint density at radius 1 is 1.14 bits per heavy atom. The van der Waals surface area contributed by atoms with Crippen molar-refractivity contribution in [3.05, 3.63) is 40.2 Å². The maximum Gasteiger partial charge on any atom is 0.436 e. The van der Waals surface area contributed by atoms with Crippen LogP contribution in [0.25, 0.3) is 11.2 Å². The maximum atomic E-state index is 13.4. The minimum atomic E-state index is -4.89. The van der Waals surface area contributed by atoms with E-state index in [-0.39, 0.29) is 30.1 Å². The lowest BCUT2D eigenvalue weighted by atomic mass is 9.95. The summed E-state index contributed by atoms with van der Waals surface area (Å²) in [5.74, 6) is -0.324. The minimum absolute atomic E-state index is 0.0102. The lowest BCUT2D eigenvalue weighted by molar-refractivity contribution is -0.143.